The lowest BCUT2D eigenvalue weighted by Gasteiger charge is -2.05. The molecule has 0 heterocycles. The fourth-order valence-electron chi connectivity index (χ4n) is 2.04. The van der Waals surface area contributed by atoms with Gasteiger partial charge in [0.1, 0.15) is 5.75 Å². The molecular weight excluding hydrogens is 300 g/mol. The van der Waals surface area contributed by atoms with Crippen LogP contribution in [0.2, 0.25) is 0 Å². The average Bonchev–Trinajstić information content (AvgIpc) is 2.61. The normalized spacial score (nSPS) is 11.6. The quantitative estimate of drug-likeness (QED) is 0.481. The summed E-state index contributed by atoms with van der Waals surface area (Å²) in [5, 5.41) is 15.7. The molecule has 2 N–H and O–H groups in total. The average molecular weight is 324 g/mol. The molecule has 0 atom stereocenters. The Morgan fingerprint density at radius 3 is 2.33 bits per heavy atom. The van der Waals surface area contributed by atoms with E-state index in [2.05, 4.69) is 10.5 Å². The number of phenols is 1. The van der Waals surface area contributed by atoms with Crippen molar-refractivity contribution in [3.63, 3.8) is 0 Å². The van der Waals surface area contributed by atoms with Crippen LogP contribution < -0.4 is 5.43 Å². The first-order chi connectivity index (χ1) is 11.7. The van der Waals surface area contributed by atoms with Crippen LogP contribution in [0.3, 0.4) is 0 Å². The van der Waals surface area contributed by atoms with Crippen LogP contribution in [-0.4, -0.2) is 17.2 Å². The summed E-state index contributed by atoms with van der Waals surface area (Å²) in [6.45, 7) is 7.79. The highest BCUT2D eigenvalue weighted by Gasteiger charge is 2.11. The maximum Gasteiger partial charge on any atom is 0.275 e. The molecule has 0 unspecified atom stereocenters. The van der Waals surface area contributed by atoms with Crippen molar-refractivity contribution in [2.75, 3.05) is 0 Å². The van der Waals surface area contributed by atoms with Gasteiger partial charge in [-0.05, 0) is 42.3 Å². The molecule has 126 valence electrons. The number of aromatic hydroxyl groups is 1. The SMILES string of the molecule is CC.C\C=C/C(/C=N/NC(=O)c1cc2ccccc2cc1O)=C\C. The molecule has 4 heteroatoms. The summed E-state index contributed by atoms with van der Waals surface area (Å²) in [5.74, 6) is -0.512. The lowest BCUT2D eigenvalue weighted by molar-refractivity contribution is 0.0952. The van der Waals surface area contributed by atoms with E-state index in [0.29, 0.717) is 0 Å². The van der Waals surface area contributed by atoms with Gasteiger partial charge in [-0.1, -0.05) is 56.3 Å². The zero-order valence-corrected chi connectivity index (χ0v) is 14.6. The van der Waals surface area contributed by atoms with E-state index >= 15 is 0 Å². The summed E-state index contributed by atoms with van der Waals surface area (Å²) in [7, 11) is 0. The molecule has 2 aromatic carbocycles. The van der Waals surface area contributed by atoms with E-state index in [0.717, 1.165) is 16.3 Å². The topological polar surface area (TPSA) is 61.7 Å². The fourth-order valence-corrected chi connectivity index (χ4v) is 2.04. The van der Waals surface area contributed by atoms with Crippen molar-refractivity contribution in [2.24, 2.45) is 5.10 Å². The standard InChI is InChI=1S/C18H18N2O2.C2H6/c1-3-7-13(4-2)12-19-20-18(22)16-10-14-8-5-6-9-15(14)11-17(16)21;1-2/h3-12,21H,1-2H3,(H,20,22);1-2H3/b7-3-,13-4+,19-12+;. The molecule has 0 fully saturated rings. The number of carbonyl (C=O) groups excluding carboxylic acids is 1. The van der Waals surface area contributed by atoms with Crippen LogP contribution in [0.15, 0.2) is 65.3 Å². The summed E-state index contributed by atoms with van der Waals surface area (Å²) in [5.41, 5.74) is 3.50. The van der Waals surface area contributed by atoms with Gasteiger partial charge >= 0.3 is 0 Å². The van der Waals surface area contributed by atoms with Gasteiger partial charge in [-0.3, -0.25) is 4.79 Å². The molecule has 0 aliphatic carbocycles. The zero-order chi connectivity index (χ0) is 17.9. The van der Waals surface area contributed by atoms with Crippen molar-refractivity contribution >= 4 is 22.9 Å². The number of allylic oxidation sites excluding steroid dienone is 4. The number of phenolic OH excluding ortho intramolecular Hbond substituents is 1. The summed E-state index contributed by atoms with van der Waals surface area (Å²) >= 11 is 0. The van der Waals surface area contributed by atoms with Gasteiger partial charge in [-0.15, -0.1) is 0 Å². The van der Waals surface area contributed by atoms with E-state index < -0.39 is 5.91 Å². The molecular formula is C20H24N2O2. The third-order valence-corrected chi connectivity index (χ3v) is 3.18. The summed E-state index contributed by atoms with van der Waals surface area (Å²) in [6.07, 6.45) is 7.20. The van der Waals surface area contributed by atoms with Gasteiger partial charge in [-0.25, -0.2) is 5.43 Å². The Hall–Kier alpha value is -2.88. The third-order valence-electron chi connectivity index (χ3n) is 3.18. The Morgan fingerprint density at radius 2 is 1.75 bits per heavy atom. The largest absolute Gasteiger partial charge is 0.507 e. The highest BCUT2D eigenvalue weighted by atomic mass is 16.3. The molecule has 1 amide bonds. The molecule has 0 aliphatic heterocycles. The van der Waals surface area contributed by atoms with E-state index in [4.69, 9.17) is 0 Å². The van der Waals surface area contributed by atoms with E-state index in [-0.39, 0.29) is 11.3 Å². The Balaban J connectivity index is 0.00000139. The summed E-state index contributed by atoms with van der Waals surface area (Å²) in [6, 6.07) is 10.8. The van der Waals surface area contributed by atoms with Gasteiger partial charge < -0.3 is 5.11 Å². The highest BCUT2D eigenvalue weighted by Crippen LogP contribution is 2.24. The van der Waals surface area contributed by atoms with Crippen LogP contribution >= 0.6 is 0 Å². The van der Waals surface area contributed by atoms with E-state index in [1.807, 2.05) is 70.2 Å². The summed E-state index contributed by atoms with van der Waals surface area (Å²) in [4.78, 5) is 12.1. The molecule has 0 aliphatic rings. The van der Waals surface area contributed by atoms with Gasteiger partial charge in [0.2, 0.25) is 0 Å². The molecule has 4 nitrogen and oxygen atoms in total. The maximum atomic E-state index is 12.1. The third kappa shape index (κ3) is 5.09. The van der Waals surface area contributed by atoms with Crippen LogP contribution in [0.4, 0.5) is 0 Å². The zero-order valence-electron chi connectivity index (χ0n) is 14.6. The number of hydrogen-bond donors (Lipinski definition) is 2. The second-order valence-corrected chi connectivity index (χ2v) is 4.70. The van der Waals surface area contributed by atoms with Gasteiger partial charge in [0, 0.05) is 0 Å². The second kappa shape index (κ2) is 10.0. The molecule has 2 rings (SSSR count). The predicted molar refractivity (Wildman–Crippen MR) is 101 cm³/mol. The van der Waals surface area contributed by atoms with Crippen molar-refractivity contribution in [2.45, 2.75) is 27.7 Å². The molecule has 0 saturated carbocycles. The molecule has 0 saturated heterocycles. The minimum atomic E-state index is -0.449. The second-order valence-electron chi connectivity index (χ2n) is 4.70. The predicted octanol–water partition coefficient (Wildman–Crippen LogP) is 4.81. The molecule has 24 heavy (non-hydrogen) atoms. The molecule has 0 spiro atoms. The maximum absolute atomic E-state index is 12.1. The van der Waals surface area contributed by atoms with Gasteiger partial charge in [0.25, 0.3) is 5.91 Å². The Kier molecular flexibility index (Phi) is 7.99. The van der Waals surface area contributed by atoms with E-state index in [9.17, 15) is 9.90 Å². The first-order valence-electron chi connectivity index (χ1n) is 8.00. The van der Waals surface area contributed by atoms with Gasteiger partial charge in [-0.2, -0.15) is 5.10 Å². The number of carbonyl (C=O) groups is 1. The van der Waals surface area contributed by atoms with E-state index in [1.54, 1.807) is 18.3 Å². The van der Waals surface area contributed by atoms with Crippen molar-refractivity contribution in [3.05, 3.63) is 65.8 Å². The number of fused-ring (bicyclic) bond motifs is 1. The molecule has 2 aromatic rings. The fraction of sp³-hybridized carbons (Fsp3) is 0.200. The number of rotatable bonds is 4. The number of hydrazone groups is 1. The van der Waals surface area contributed by atoms with Crippen LogP contribution in [0.1, 0.15) is 38.1 Å². The highest BCUT2D eigenvalue weighted by molar-refractivity contribution is 6.01. The van der Waals surface area contributed by atoms with Gasteiger partial charge in [0.05, 0.1) is 11.8 Å². The number of nitrogens with one attached hydrogen (secondary N) is 1. The first kappa shape index (κ1) is 19.2. The van der Waals surface area contributed by atoms with Crippen LogP contribution in [-0.2, 0) is 0 Å². The summed E-state index contributed by atoms with van der Waals surface area (Å²) < 4.78 is 0. The molecule has 0 bridgehead atoms. The number of nitrogens with zero attached hydrogens (tertiary/aromatic N) is 1. The first-order valence-corrected chi connectivity index (χ1v) is 8.00. The number of amides is 1. The van der Waals surface area contributed by atoms with Crippen LogP contribution in [0, 0.1) is 0 Å². The Labute approximate surface area is 143 Å². The molecule has 0 radical (unpaired) electrons. The van der Waals surface area contributed by atoms with Crippen LogP contribution in [0.25, 0.3) is 10.8 Å². The van der Waals surface area contributed by atoms with E-state index in [1.165, 1.54) is 0 Å². The van der Waals surface area contributed by atoms with Crippen molar-refractivity contribution < 1.29 is 9.90 Å². The number of hydrogen-bond acceptors (Lipinski definition) is 3. The van der Waals surface area contributed by atoms with Crippen molar-refractivity contribution in [1.29, 1.82) is 0 Å². The minimum absolute atomic E-state index is 0.0638. The van der Waals surface area contributed by atoms with Crippen LogP contribution in [0.5, 0.6) is 5.75 Å². The Morgan fingerprint density at radius 1 is 1.12 bits per heavy atom. The minimum Gasteiger partial charge on any atom is -0.507 e. The lowest BCUT2D eigenvalue weighted by atomic mass is 10.1. The smallest absolute Gasteiger partial charge is 0.275 e. The Bertz CT molecular complexity index is 774. The van der Waals surface area contributed by atoms with Crippen molar-refractivity contribution in [3.8, 4) is 5.75 Å². The lowest BCUT2D eigenvalue weighted by Crippen LogP contribution is -2.17. The number of benzene rings is 2. The monoisotopic (exact) mass is 324 g/mol. The van der Waals surface area contributed by atoms with Crippen molar-refractivity contribution in [1.82, 2.24) is 5.43 Å². The molecule has 0 aromatic heterocycles. The van der Waals surface area contributed by atoms with Gasteiger partial charge in [0.15, 0.2) is 0 Å².